The molecule has 2 N–H and O–H groups in total. The minimum atomic E-state index is 0. The maximum atomic E-state index is 8.62. The molecule has 0 saturated carbocycles. The Kier molecular flexibility index (Phi) is 9.70. The summed E-state index contributed by atoms with van der Waals surface area (Å²) in [6.07, 6.45) is 3.27. The minimum absolute atomic E-state index is 0. The third-order valence-corrected chi connectivity index (χ3v) is 4.03. The van der Waals surface area contributed by atoms with Crippen LogP contribution >= 0.6 is 0 Å². The van der Waals surface area contributed by atoms with Crippen molar-refractivity contribution in [1.82, 2.24) is 9.97 Å². The Morgan fingerprint density at radius 1 is 0.833 bits per heavy atom. The van der Waals surface area contributed by atoms with E-state index in [0.717, 1.165) is 28.1 Å². The minimum Gasteiger partial charge on any atom is -0.449 e. The number of aromatic nitrogens is 2. The molecule has 0 aliphatic rings. The molecule has 6 nitrogen and oxygen atoms in total. The van der Waals surface area contributed by atoms with E-state index >= 15 is 0 Å². The number of nitrogens with zero attached hydrogens (tertiary/aromatic N) is 3. The predicted octanol–water partition coefficient (Wildman–Crippen LogP) is 5.08. The van der Waals surface area contributed by atoms with Gasteiger partial charge in [0, 0.05) is 48.0 Å². The standard InChI is InChI=1S/C11H12N2O.C11H8N2O.CH3.Ni/c2*1-8-13-11(7-14-8)10-4-2-9(6-12)3-5-10;;/h2-5,7H,6,12H2,1H3;2-5,7H,1H3;1H3;/q;;-1;. The van der Waals surface area contributed by atoms with Crippen molar-refractivity contribution in [2.75, 3.05) is 0 Å². The van der Waals surface area contributed by atoms with Gasteiger partial charge in [-0.25, -0.2) is 9.97 Å². The molecule has 30 heavy (non-hydrogen) atoms. The van der Waals surface area contributed by atoms with Gasteiger partial charge >= 0.3 is 0 Å². The van der Waals surface area contributed by atoms with Crippen LogP contribution in [0.2, 0.25) is 0 Å². The van der Waals surface area contributed by atoms with Crippen LogP contribution in [-0.4, -0.2) is 9.97 Å². The van der Waals surface area contributed by atoms with Crippen molar-refractivity contribution in [3.63, 3.8) is 0 Å². The molecule has 0 saturated heterocycles. The van der Waals surface area contributed by atoms with Gasteiger partial charge in [-0.2, -0.15) is 5.26 Å². The number of hydrogen-bond acceptors (Lipinski definition) is 6. The number of hydrogen-bond donors (Lipinski definition) is 1. The van der Waals surface area contributed by atoms with Crippen LogP contribution in [-0.2, 0) is 23.0 Å². The summed E-state index contributed by atoms with van der Waals surface area (Å²) in [5.41, 5.74) is 11.0. The molecular weight excluding hydrogens is 423 g/mol. The first-order valence-corrected chi connectivity index (χ1v) is 8.73. The summed E-state index contributed by atoms with van der Waals surface area (Å²) in [5, 5.41) is 8.62. The first-order chi connectivity index (χ1) is 13.6. The first kappa shape index (κ1) is 24.8. The molecule has 7 heteroatoms. The summed E-state index contributed by atoms with van der Waals surface area (Å²) < 4.78 is 10.2. The molecular formula is C23H23N4NiO2-. The molecule has 4 aromatic rings. The molecule has 0 aliphatic carbocycles. The molecule has 2 aromatic carbocycles. The molecule has 0 radical (unpaired) electrons. The van der Waals surface area contributed by atoms with E-state index in [2.05, 4.69) is 16.0 Å². The van der Waals surface area contributed by atoms with Crippen molar-refractivity contribution >= 4 is 0 Å². The third kappa shape index (κ3) is 6.42. The smallest absolute Gasteiger partial charge is 0.191 e. The van der Waals surface area contributed by atoms with E-state index in [1.807, 2.05) is 43.3 Å². The van der Waals surface area contributed by atoms with E-state index < -0.39 is 0 Å². The molecule has 0 unspecified atom stereocenters. The van der Waals surface area contributed by atoms with E-state index in [4.69, 9.17) is 19.8 Å². The SMILES string of the molecule is Cc1nc(-c2ccc(C#N)cc2)co1.Cc1nc(-c2ccc(CN)cc2)co1.[CH3-].[Ni]. The van der Waals surface area contributed by atoms with Crippen LogP contribution in [0.5, 0.6) is 0 Å². The van der Waals surface area contributed by atoms with Crippen molar-refractivity contribution in [2.24, 2.45) is 5.73 Å². The zero-order valence-corrected chi connectivity index (χ0v) is 18.0. The molecule has 4 rings (SSSR count). The maximum Gasteiger partial charge on any atom is 0.191 e. The Labute approximate surface area is 186 Å². The second kappa shape index (κ2) is 11.7. The van der Waals surface area contributed by atoms with Gasteiger partial charge in [-0.3, -0.25) is 0 Å². The Bertz CT molecular complexity index is 1080. The Hall–Kier alpha value is -3.20. The zero-order chi connectivity index (χ0) is 19.9. The second-order valence-electron chi connectivity index (χ2n) is 6.09. The van der Waals surface area contributed by atoms with Gasteiger partial charge in [0.2, 0.25) is 0 Å². The van der Waals surface area contributed by atoms with Gasteiger partial charge in [-0.1, -0.05) is 36.4 Å². The fourth-order valence-electron chi connectivity index (χ4n) is 2.52. The summed E-state index contributed by atoms with van der Waals surface area (Å²) in [6, 6.07) is 17.3. The number of nitrogens with two attached hydrogens (primary N) is 1. The molecule has 0 atom stereocenters. The number of rotatable bonds is 3. The topological polar surface area (TPSA) is 102 Å². The average molecular weight is 446 g/mol. The summed E-state index contributed by atoms with van der Waals surface area (Å²) in [6.45, 7) is 4.20. The molecule has 2 heterocycles. The Balaban J connectivity index is 0.000000281. The summed E-state index contributed by atoms with van der Waals surface area (Å²) in [4.78, 5) is 8.43. The van der Waals surface area contributed by atoms with Gasteiger partial charge in [0.25, 0.3) is 0 Å². The van der Waals surface area contributed by atoms with Crippen molar-refractivity contribution in [1.29, 1.82) is 5.26 Å². The fourth-order valence-corrected chi connectivity index (χ4v) is 2.52. The summed E-state index contributed by atoms with van der Waals surface area (Å²) >= 11 is 0. The van der Waals surface area contributed by atoms with Crippen LogP contribution in [0.1, 0.15) is 22.9 Å². The second-order valence-corrected chi connectivity index (χ2v) is 6.09. The van der Waals surface area contributed by atoms with Crippen molar-refractivity contribution in [3.05, 3.63) is 91.4 Å². The van der Waals surface area contributed by atoms with Crippen LogP contribution in [0.4, 0.5) is 0 Å². The van der Waals surface area contributed by atoms with E-state index in [1.165, 1.54) is 0 Å². The van der Waals surface area contributed by atoms with E-state index in [0.29, 0.717) is 23.9 Å². The predicted molar refractivity (Wildman–Crippen MR) is 112 cm³/mol. The average Bonchev–Trinajstić information content (AvgIpc) is 3.37. The van der Waals surface area contributed by atoms with Gasteiger partial charge in [0.05, 0.1) is 11.6 Å². The normalized spacial score (nSPS) is 9.40. The maximum absolute atomic E-state index is 8.62. The number of nitriles is 1. The van der Waals surface area contributed by atoms with E-state index in [1.54, 1.807) is 31.6 Å². The Morgan fingerprint density at radius 3 is 1.60 bits per heavy atom. The zero-order valence-electron chi connectivity index (χ0n) is 17.0. The van der Waals surface area contributed by atoms with Gasteiger partial charge in [0.1, 0.15) is 23.9 Å². The van der Waals surface area contributed by atoms with Crippen molar-refractivity contribution in [2.45, 2.75) is 20.4 Å². The van der Waals surface area contributed by atoms with Crippen LogP contribution in [0.3, 0.4) is 0 Å². The van der Waals surface area contributed by atoms with Crippen molar-refractivity contribution in [3.8, 4) is 28.6 Å². The molecule has 158 valence electrons. The van der Waals surface area contributed by atoms with Gasteiger partial charge < -0.3 is 22.0 Å². The number of oxazole rings is 2. The number of aryl methyl sites for hydroxylation is 2. The van der Waals surface area contributed by atoms with Crippen molar-refractivity contribution < 1.29 is 25.3 Å². The molecule has 0 aliphatic heterocycles. The molecule has 0 spiro atoms. The molecule has 0 amide bonds. The van der Waals surface area contributed by atoms with E-state index in [-0.39, 0.29) is 23.9 Å². The third-order valence-electron chi connectivity index (χ3n) is 4.03. The van der Waals surface area contributed by atoms with Gasteiger partial charge in [-0.15, -0.1) is 0 Å². The van der Waals surface area contributed by atoms with Crippen LogP contribution in [0, 0.1) is 32.6 Å². The van der Waals surface area contributed by atoms with Crippen LogP contribution in [0.25, 0.3) is 22.5 Å². The van der Waals surface area contributed by atoms with Crippen LogP contribution < -0.4 is 5.73 Å². The largest absolute Gasteiger partial charge is 0.449 e. The van der Waals surface area contributed by atoms with E-state index in [9.17, 15) is 0 Å². The van der Waals surface area contributed by atoms with Gasteiger partial charge in [0.15, 0.2) is 11.8 Å². The van der Waals surface area contributed by atoms with Gasteiger partial charge in [-0.05, 0) is 17.7 Å². The monoisotopic (exact) mass is 445 g/mol. The molecule has 0 bridgehead atoms. The fraction of sp³-hybridized carbons (Fsp3) is 0.130. The summed E-state index contributed by atoms with van der Waals surface area (Å²) in [7, 11) is 0. The molecule has 0 fully saturated rings. The molecule has 2 aromatic heterocycles. The summed E-state index contributed by atoms with van der Waals surface area (Å²) in [5.74, 6) is 1.33. The quantitative estimate of drug-likeness (QED) is 0.348. The Morgan fingerprint density at radius 2 is 1.27 bits per heavy atom. The first-order valence-electron chi connectivity index (χ1n) is 8.73. The number of benzene rings is 2. The van der Waals surface area contributed by atoms with Crippen LogP contribution in [0.15, 0.2) is 69.9 Å².